The summed E-state index contributed by atoms with van der Waals surface area (Å²) in [7, 11) is -0.166. The fourth-order valence-electron chi connectivity index (χ4n) is 6.80. The van der Waals surface area contributed by atoms with Gasteiger partial charge in [0.25, 0.3) is 15.7 Å². The number of aromatic nitrogens is 2. The Morgan fingerprint density at radius 1 is 0.879 bits per heavy atom. The molecule has 1 saturated heterocycles. The summed E-state index contributed by atoms with van der Waals surface area (Å²) in [5, 5.41) is 15.6. The Kier molecular flexibility index (Phi) is 13.0. The Hall–Kier alpha value is -5.74. The Morgan fingerprint density at radius 2 is 1.64 bits per heavy atom. The Balaban J connectivity index is 1.00. The van der Waals surface area contributed by atoms with Crippen molar-refractivity contribution in [1.82, 2.24) is 19.8 Å². The third-order valence-corrected chi connectivity index (χ3v) is 12.2. The summed E-state index contributed by atoms with van der Waals surface area (Å²) in [5.74, 6) is 1.62. The van der Waals surface area contributed by atoms with Crippen LogP contribution in [0.2, 0.25) is 0 Å². The molecular formula is C43H46N8O5S2. The zero-order valence-electron chi connectivity index (χ0n) is 32.5. The lowest BCUT2D eigenvalue weighted by Gasteiger charge is -2.36. The number of anilines is 3. The molecule has 13 nitrogen and oxygen atoms in total. The first-order valence-electron chi connectivity index (χ1n) is 19.0. The quantitative estimate of drug-likeness (QED) is 0.0408. The number of nitrogens with zero attached hydrogens (tertiary/aromatic N) is 6. The molecule has 0 amide bonds. The molecule has 2 N–H and O–H groups in total. The molecule has 0 spiro atoms. The average molecular weight is 819 g/mol. The molecule has 58 heavy (non-hydrogen) atoms. The molecule has 6 aromatic rings. The molecule has 0 radical (unpaired) electrons. The number of fused-ring (bicyclic) bond motifs is 1. The number of nitrogens with one attached hydrogen (secondary N) is 2. The van der Waals surface area contributed by atoms with Gasteiger partial charge < -0.3 is 19.9 Å². The van der Waals surface area contributed by atoms with Crippen molar-refractivity contribution in [2.75, 3.05) is 80.7 Å². The van der Waals surface area contributed by atoms with E-state index in [1.54, 1.807) is 11.8 Å². The topological polar surface area (TPSA) is 146 Å². The van der Waals surface area contributed by atoms with Crippen molar-refractivity contribution in [3.8, 4) is 16.9 Å². The summed E-state index contributed by atoms with van der Waals surface area (Å²) in [6, 6.07) is 36.2. The van der Waals surface area contributed by atoms with Gasteiger partial charge in [-0.3, -0.25) is 19.7 Å². The van der Waals surface area contributed by atoms with E-state index >= 15 is 0 Å². The lowest BCUT2D eigenvalue weighted by Crippen LogP contribution is -2.46. The van der Waals surface area contributed by atoms with Crippen LogP contribution >= 0.6 is 11.8 Å². The summed E-state index contributed by atoms with van der Waals surface area (Å²) in [5.41, 5.74) is 5.04. The van der Waals surface area contributed by atoms with Gasteiger partial charge in [0, 0.05) is 73.6 Å². The second-order valence-corrected chi connectivity index (χ2v) is 17.0. The number of ether oxygens (including phenoxy) is 1. The number of rotatable bonds is 17. The van der Waals surface area contributed by atoms with Crippen LogP contribution in [-0.2, 0) is 16.6 Å². The van der Waals surface area contributed by atoms with Gasteiger partial charge in [-0.05, 0) is 85.4 Å². The first-order chi connectivity index (χ1) is 28.1. The van der Waals surface area contributed by atoms with E-state index < -0.39 is 14.9 Å². The molecule has 1 fully saturated rings. The number of benzene rings is 5. The van der Waals surface area contributed by atoms with Crippen molar-refractivity contribution in [3.63, 3.8) is 0 Å². The Morgan fingerprint density at radius 3 is 2.38 bits per heavy atom. The summed E-state index contributed by atoms with van der Waals surface area (Å²) in [4.78, 5) is 27.8. The average Bonchev–Trinajstić information content (AvgIpc) is 3.23. The van der Waals surface area contributed by atoms with Crippen LogP contribution in [0.25, 0.3) is 22.0 Å². The molecule has 1 aromatic heterocycles. The summed E-state index contributed by atoms with van der Waals surface area (Å²) in [6.07, 6.45) is 1.31. The molecule has 1 aliphatic rings. The van der Waals surface area contributed by atoms with E-state index in [-0.39, 0.29) is 22.1 Å². The molecule has 2 heterocycles. The van der Waals surface area contributed by atoms with E-state index in [1.807, 2.05) is 68.7 Å². The highest BCUT2D eigenvalue weighted by molar-refractivity contribution is 7.99. The number of sulfonamides is 1. The predicted molar refractivity (Wildman–Crippen MR) is 233 cm³/mol. The van der Waals surface area contributed by atoms with Gasteiger partial charge >= 0.3 is 0 Å². The fraction of sp³-hybridized carbons (Fsp3) is 0.256. The molecule has 7 rings (SSSR count). The summed E-state index contributed by atoms with van der Waals surface area (Å²) in [6.45, 7) is 5.98. The predicted octanol–water partition coefficient (Wildman–Crippen LogP) is 7.47. The van der Waals surface area contributed by atoms with Gasteiger partial charge in [0.1, 0.15) is 24.4 Å². The fourth-order valence-corrected chi connectivity index (χ4v) is 8.64. The molecule has 0 atom stereocenters. The van der Waals surface area contributed by atoms with Gasteiger partial charge in [-0.2, -0.15) is 0 Å². The zero-order valence-corrected chi connectivity index (χ0v) is 34.1. The van der Waals surface area contributed by atoms with E-state index in [0.717, 1.165) is 61.7 Å². The number of thioether (sulfide) groups is 1. The smallest absolute Gasteiger partial charge is 0.293 e. The minimum Gasteiger partial charge on any atom is -0.492 e. The van der Waals surface area contributed by atoms with Gasteiger partial charge in [0.15, 0.2) is 5.82 Å². The van der Waals surface area contributed by atoms with Gasteiger partial charge in [0.05, 0.1) is 15.3 Å². The van der Waals surface area contributed by atoms with Crippen molar-refractivity contribution < 1.29 is 18.1 Å². The van der Waals surface area contributed by atoms with Crippen LogP contribution in [0.4, 0.5) is 22.9 Å². The van der Waals surface area contributed by atoms with E-state index in [9.17, 15) is 18.5 Å². The number of hydrogen-bond donors (Lipinski definition) is 2. The minimum atomic E-state index is -4.24. The first kappa shape index (κ1) is 40.5. The van der Waals surface area contributed by atoms with Crippen LogP contribution in [0.3, 0.4) is 0 Å². The lowest BCUT2D eigenvalue weighted by atomic mass is 9.98. The highest BCUT2D eigenvalue weighted by Crippen LogP contribution is 2.32. The minimum absolute atomic E-state index is 0.0892. The first-order valence-corrected chi connectivity index (χ1v) is 21.5. The highest BCUT2D eigenvalue weighted by atomic mass is 32.2. The zero-order chi connectivity index (χ0) is 40.5. The van der Waals surface area contributed by atoms with E-state index in [4.69, 9.17) is 4.74 Å². The van der Waals surface area contributed by atoms with Gasteiger partial charge in [0.2, 0.25) is 0 Å². The second kappa shape index (κ2) is 18.7. The maximum Gasteiger partial charge on any atom is 0.293 e. The highest BCUT2D eigenvalue weighted by Gasteiger charge is 2.24. The third kappa shape index (κ3) is 10.2. The van der Waals surface area contributed by atoms with E-state index in [2.05, 4.69) is 77.2 Å². The van der Waals surface area contributed by atoms with Crippen molar-refractivity contribution >= 4 is 55.6 Å². The Bertz CT molecular complexity index is 2450. The number of nitro benzene ring substituents is 1. The normalized spacial score (nSPS) is 13.5. The van der Waals surface area contributed by atoms with Crippen molar-refractivity contribution in [3.05, 3.63) is 137 Å². The standard InChI is InChI=1S/C43H46N8O5S2/c1-48(2)24-25-56-35-14-17-38(32-9-5-3-6-10-32)33(27-35)30-49-20-22-50(23-21-49)34-13-16-39-41(28-34)45-31-46-43(39)47-58(54,55)37-15-18-40(42(29-37)51(52)53)44-19-26-57-36-11-7-4-8-12-36/h3-18,27-29,31,44H,19-26,30H2,1-2H3,(H,45,46,47). The van der Waals surface area contributed by atoms with Gasteiger partial charge in [-0.15, -0.1) is 11.8 Å². The van der Waals surface area contributed by atoms with Gasteiger partial charge in [-0.1, -0.05) is 54.6 Å². The van der Waals surface area contributed by atoms with Crippen molar-refractivity contribution in [1.29, 1.82) is 0 Å². The molecule has 0 saturated carbocycles. The largest absolute Gasteiger partial charge is 0.492 e. The Labute approximate surface area is 343 Å². The maximum atomic E-state index is 13.6. The monoisotopic (exact) mass is 818 g/mol. The molecule has 0 bridgehead atoms. The second-order valence-electron chi connectivity index (χ2n) is 14.2. The van der Waals surface area contributed by atoms with Crippen molar-refractivity contribution in [2.45, 2.75) is 16.3 Å². The van der Waals surface area contributed by atoms with Crippen LogP contribution < -0.4 is 19.7 Å². The van der Waals surface area contributed by atoms with E-state index in [0.29, 0.717) is 29.8 Å². The summed E-state index contributed by atoms with van der Waals surface area (Å²) < 4.78 is 35.8. The number of nitro groups is 1. The molecule has 300 valence electrons. The van der Waals surface area contributed by atoms with Crippen LogP contribution in [-0.4, -0.2) is 98.8 Å². The molecule has 15 heteroatoms. The summed E-state index contributed by atoms with van der Waals surface area (Å²) >= 11 is 1.62. The third-order valence-electron chi connectivity index (χ3n) is 9.86. The van der Waals surface area contributed by atoms with Crippen LogP contribution in [0, 0.1) is 10.1 Å². The van der Waals surface area contributed by atoms with Crippen LogP contribution in [0.1, 0.15) is 5.56 Å². The van der Waals surface area contributed by atoms with Crippen LogP contribution in [0.15, 0.2) is 131 Å². The lowest BCUT2D eigenvalue weighted by molar-refractivity contribution is -0.384. The van der Waals surface area contributed by atoms with Gasteiger partial charge in [-0.25, -0.2) is 18.4 Å². The molecule has 0 unspecified atom stereocenters. The maximum absolute atomic E-state index is 13.6. The van der Waals surface area contributed by atoms with Crippen LogP contribution in [0.5, 0.6) is 5.75 Å². The van der Waals surface area contributed by atoms with E-state index in [1.165, 1.54) is 35.2 Å². The number of hydrogen-bond acceptors (Lipinski definition) is 12. The SMILES string of the molecule is CN(C)CCOc1ccc(-c2ccccc2)c(CN2CCN(c3ccc4c(NS(=O)(=O)c5ccc(NCCSc6ccccc6)c([N+](=O)[O-])c5)ncnc4c3)CC2)c1. The number of piperazine rings is 1. The number of likely N-dealkylation sites (N-methyl/N-ethyl adjacent to an activating group) is 1. The molecular weight excluding hydrogens is 773 g/mol. The molecule has 5 aromatic carbocycles. The molecule has 1 aliphatic heterocycles. The molecule has 0 aliphatic carbocycles. The van der Waals surface area contributed by atoms with Crippen molar-refractivity contribution in [2.24, 2.45) is 0 Å².